The lowest BCUT2D eigenvalue weighted by molar-refractivity contribution is 0.391. The second-order valence-corrected chi connectivity index (χ2v) is 4.89. The summed E-state index contributed by atoms with van der Waals surface area (Å²) in [5.74, 6) is 0.495. The van der Waals surface area contributed by atoms with E-state index >= 15 is 0 Å². The van der Waals surface area contributed by atoms with Crippen molar-refractivity contribution in [1.82, 2.24) is 14.5 Å². The molecule has 0 fully saturated rings. The van der Waals surface area contributed by atoms with E-state index in [2.05, 4.69) is 9.97 Å². The minimum absolute atomic E-state index is 0.179. The van der Waals surface area contributed by atoms with Gasteiger partial charge in [0.05, 0.1) is 20.0 Å². The van der Waals surface area contributed by atoms with E-state index in [0.29, 0.717) is 16.0 Å². The molecule has 0 amide bonds. The van der Waals surface area contributed by atoms with Gasteiger partial charge in [0.1, 0.15) is 8.72 Å². The van der Waals surface area contributed by atoms with Gasteiger partial charge in [0, 0.05) is 11.8 Å². The van der Waals surface area contributed by atoms with Crippen molar-refractivity contribution in [3.63, 3.8) is 0 Å². The van der Waals surface area contributed by atoms with Gasteiger partial charge in [-0.25, -0.2) is 9.97 Å². The summed E-state index contributed by atoms with van der Waals surface area (Å²) < 4.78 is 7.00. The Kier molecular flexibility index (Phi) is 4.18. The molecule has 94 valence electrons. The average Bonchev–Trinajstić information content (AvgIpc) is 2.40. The van der Waals surface area contributed by atoms with Crippen molar-refractivity contribution in [2.45, 2.75) is 6.54 Å². The van der Waals surface area contributed by atoms with Gasteiger partial charge in [-0.05, 0) is 28.7 Å². The highest BCUT2D eigenvalue weighted by Gasteiger charge is 2.09. The van der Waals surface area contributed by atoms with Crippen LogP contribution in [-0.2, 0) is 6.54 Å². The molecule has 0 unspecified atom stereocenters. The van der Waals surface area contributed by atoms with Crippen LogP contribution in [0.5, 0.6) is 5.88 Å². The van der Waals surface area contributed by atoms with Crippen LogP contribution in [0.4, 0.5) is 0 Å². The lowest BCUT2D eigenvalue weighted by Crippen LogP contribution is -2.24. The first-order chi connectivity index (χ1) is 8.63. The third-order valence-electron chi connectivity index (χ3n) is 2.32. The first-order valence-corrected chi connectivity index (χ1v) is 6.47. The predicted octanol–water partition coefficient (Wildman–Crippen LogP) is 1.95. The Labute approximate surface area is 122 Å². The molecule has 2 heterocycles. The summed E-state index contributed by atoms with van der Waals surface area (Å²) in [5.41, 5.74) is 0.628. The van der Waals surface area contributed by atoms with Crippen LogP contribution in [0.3, 0.4) is 0 Å². The Hall–Kier alpha value is -1.15. The van der Waals surface area contributed by atoms with E-state index in [1.807, 2.05) is 28.7 Å². The Morgan fingerprint density at radius 1 is 1.50 bits per heavy atom. The summed E-state index contributed by atoms with van der Waals surface area (Å²) in [6.07, 6.45) is 3.05. The molecule has 0 N–H and O–H groups in total. The minimum atomic E-state index is -0.179. The zero-order chi connectivity index (χ0) is 13.1. The summed E-state index contributed by atoms with van der Waals surface area (Å²) >= 11 is 7.66. The fraction of sp³-hybridized carbons (Fsp3) is 0.182. The fourth-order valence-corrected chi connectivity index (χ4v) is 2.04. The van der Waals surface area contributed by atoms with Gasteiger partial charge in [0.15, 0.2) is 0 Å². The van der Waals surface area contributed by atoms with Crippen LogP contribution in [0.2, 0.25) is 5.15 Å². The van der Waals surface area contributed by atoms with Crippen molar-refractivity contribution in [1.29, 1.82) is 0 Å². The number of aromatic nitrogens is 3. The molecule has 0 aliphatic rings. The Morgan fingerprint density at radius 3 is 3.00 bits per heavy atom. The van der Waals surface area contributed by atoms with E-state index in [9.17, 15) is 4.79 Å². The van der Waals surface area contributed by atoms with Gasteiger partial charge in [0.25, 0.3) is 5.56 Å². The fourth-order valence-electron chi connectivity index (χ4n) is 1.47. The van der Waals surface area contributed by atoms with Gasteiger partial charge in [-0.15, -0.1) is 0 Å². The standard InChI is InChI=1S/C11H9ClIN3O2/c1-18-10-7(3-2-4-14-10)5-16-6-15-9(12)8(13)11(16)17/h2-4,6H,5H2,1H3. The third kappa shape index (κ3) is 2.64. The molecule has 0 saturated heterocycles. The van der Waals surface area contributed by atoms with E-state index in [1.165, 1.54) is 10.9 Å². The molecule has 0 spiro atoms. The van der Waals surface area contributed by atoms with Gasteiger partial charge in [-0.2, -0.15) is 0 Å². The number of pyridine rings is 1. The summed E-state index contributed by atoms with van der Waals surface area (Å²) in [6, 6.07) is 3.64. The molecule has 0 saturated carbocycles. The number of methoxy groups -OCH3 is 1. The minimum Gasteiger partial charge on any atom is -0.481 e. The topological polar surface area (TPSA) is 57.0 Å². The van der Waals surface area contributed by atoms with Crippen LogP contribution in [0.15, 0.2) is 29.5 Å². The Balaban J connectivity index is 2.41. The van der Waals surface area contributed by atoms with Gasteiger partial charge in [0.2, 0.25) is 5.88 Å². The van der Waals surface area contributed by atoms with E-state index in [0.717, 1.165) is 5.56 Å². The zero-order valence-electron chi connectivity index (χ0n) is 9.43. The van der Waals surface area contributed by atoms with Crippen molar-refractivity contribution in [2.75, 3.05) is 7.11 Å². The second-order valence-electron chi connectivity index (χ2n) is 3.45. The second kappa shape index (κ2) is 5.66. The number of nitrogens with zero attached hydrogens (tertiary/aromatic N) is 3. The smallest absolute Gasteiger partial charge is 0.268 e. The maximum absolute atomic E-state index is 12.0. The molecular formula is C11H9ClIN3O2. The number of rotatable bonds is 3. The highest BCUT2D eigenvalue weighted by Crippen LogP contribution is 2.15. The van der Waals surface area contributed by atoms with Crippen LogP contribution in [-0.4, -0.2) is 21.6 Å². The van der Waals surface area contributed by atoms with Gasteiger partial charge < -0.3 is 4.74 Å². The van der Waals surface area contributed by atoms with Crippen LogP contribution in [0.25, 0.3) is 0 Å². The lowest BCUT2D eigenvalue weighted by atomic mass is 10.2. The van der Waals surface area contributed by atoms with Crippen molar-refractivity contribution in [2.24, 2.45) is 0 Å². The summed E-state index contributed by atoms with van der Waals surface area (Å²) in [5, 5.41) is 0.218. The largest absolute Gasteiger partial charge is 0.481 e. The molecule has 7 heteroatoms. The van der Waals surface area contributed by atoms with Crippen LogP contribution >= 0.6 is 34.2 Å². The molecule has 2 aromatic heterocycles. The van der Waals surface area contributed by atoms with Crippen molar-refractivity contribution in [3.05, 3.63) is 49.3 Å². The van der Waals surface area contributed by atoms with E-state index < -0.39 is 0 Å². The third-order valence-corrected chi connectivity index (χ3v) is 3.90. The number of halogens is 2. The molecule has 0 aliphatic heterocycles. The Morgan fingerprint density at radius 2 is 2.28 bits per heavy atom. The number of hydrogen-bond donors (Lipinski definition) is 0. The molecule has 0 radical (unpaired) electrons. The normalized spacial score (nSPS) is 10.4. The maximum Gasteiger partial charge on any atom is 0.268 e. The van der Waals surface area contributed by atoms with E-state index in [1.54, 1.807) is 19.4 Å². The maximum atomic E-state index is 12.0. The summed E-state index contributed by atoms with van der Waals surface area (Å²) in [7, 11) is 1.54. The molecule has 2 aromatic rings. The van der Waals surface area contributed by atoms with Crippen molar-refractivity contribution in [3.8, 4) is 5.88 Å². The molecule has 0 atom stereocenters. The molecule has 0 aromatic carbocycles. The molecule has 5 nitrogen and oxygen atoms in total. The Bertz CT molecular complexity index is 630. The van der Waals surface area contributed by atoms with Gasteiger partial charge >= 0.3 is 0 Å². The van der Waals surface area contributed by atoms with Gasteiger partial charge in [-0.1, -0.05) is 17.7 Å². The van der Waals surface area contributed by atoms with Crippen molar-refractivity contribution >= 4 is 34.2 Å². The average molecular weight is 378 g/mol. The highest BCUT2D eigenvalue weighted by molar-refractivity contribution is 14.1. The first kappa shape index (κ1) is 13.3. The summed E-state index contributed by atoms with van der Waals surface area (Å²) in [6.45, 7) is 0.343. The first-order valence-electron chi connectivity index (χ1n) is 5.02. The number of ether oxygens (including phenoxy) is 1. The highest BCUT2D eigenvalue weighted by atomic mass is 127. The van der Waals surface area contributed by atoms with Crippen LogP contribution < -0.4 is 10.3 Å². The zero-order valence-corrected chi connectivity index (χ0v) is 12.3. The molecule has 0 bridgehead atoms. The van der Waals surface area contributed by atoms with Crippen molar-refractivity contribution < 1.29 is 4.74 Å². The van der Waals surface area contributed by atoms with Crippen LogP contribution in [0.1, 0.15) is 5.56 Å². The quantitative estimate of drug-likeness (QED) is 0.606. The number of hydrogen-bond acceptors (Lipinski definition) is 4. The van der Waals surface area contributed by atoms with Gasteiger partial charge in [-0.3, -0.25) is 9.36 Å². The van der Waals surface area contributed by atoms with E-state index in [4.69, 9.17) is 16.3 Å². The SMILES string of the molecule is COc1ncccc1Cn1cnc(Cl)c(I)c1=O. The van der Waals surface area contributed by atoms with Crippen LogP contribution in [0, 0.1) is 3.57 Å². The summed E-state index contributed by atoms with van der Waals surface area (Å²) in [4.78, 5) is 20.0. The monoisotopic (exact) mass is 377 g/mol. The molecular weight excluding hydrogens is 368 g/mol. The molecule has 18 heavy (non-hydrogen) atoms. The molecule has 0 aliphatic carbocycles. The predicted molar refractivity (Wildman–Crippen MR) is 76.1 cm³/mol. The lowest BCUT2D eigenvalue weighted by Gasteiger charge is -2.09. The molecule has 2 rings (SSSR count). The van der Waals surface area contributed by atoms with E-state index in [-0.39, 0.29) is 10.7 Å².